The summed E-state index contributed by atoms with van der Waals surface area (Å²) in [6.45, 7) is 2.86. The first-order chi connectivity index (χ1) is 8.58. The Balaban J connectivity index is 1.98. The summed E-state index contributed by atoms with van der Waals surface area (Å²) in [5, 5.41) is 16.1. The van der Waals surface area contributed by atoms with Crippen molar-refractivity contribution in [1.29, 1.82) is 0 Å². The average molecular weight is 249 g/mol. The summed E-state index contributed by atoms with van der Waals surface area (Å²) in [5.41, 5.74) is 0.867. The van der Waals surface area contributed by atoms with Crippen LogP contribution in [0.3, 0.4) is 0 Å². The second-order valence-corrected chi connectivity index (χ2v) is 4.05. The zero-order valence-electron chi connectivity index (χ0n) is 10.3. The van der Waals surface area contributed by atoms with Crippen LogP contribution in [-0.4, -0.2) is 20.9 Å². The fourth-order valence-corrected chi connectivity index (χ4v) is 1.74. The molecule has 2 rings (SSSR count). The lowest BCUT2D eigenvalue weighted by atomic mass is 10.2. The number of aryl methyl sites for hydroxylation is 2. The van der Waals surface area contributed by atoms with Gasteiger partial charge in [-0.25, -0.2) is 4.79 Å². The van der Waals surface area contributed by atoms with Gasteiger partial charge in [-0.1, -0.05) is 0 Å². The van der Waals surface area contributed by atoms with E-state index in [1.165, 1.54) is 6.20 Å². The number of furan rings is 1. The van der Waals surface area contributed by atoms with Crippen LogP contribution in [0.5, 0.6) is 0 Å². The van der Waals surface area contributed by atoms with E-state index in [2.05, 4.69) is 10.4 Å². The van der Waals surface area contributed by atoms with Gasteiger partial charge in [0.2, 0.25) is 0 Å². The Morgan fingerprint density at radius 3 is 2.89 bits per heavy atom. The summed E-state index contributed by atoms with van der Waals surface area (Å²) >= 11 is 0. The van der Waals surface area contributed by atoms with Gasteiger partial charge in [0.15, 0.2) is 0 Å². The third-order valence-electron chi connectivity index (χ3n) is 2.68. The highest BCUT2D eigenvalue weighted by atomic mass is 16.4. The number of nitrogens with one attached hydrogen (secondary N) is 1. The number of aromatic nitrogens is 2. The first-order valence-corrected chi connectivity index (χ1v) is 5.58. The van der Waals surface area contributed by atoms with Gasteiger partial charge in [-0.2, -0.15) is 5.10 Å². The van der Waals surface area contributed by atoms with Gasteiger partial charge in [0.1, 0.15) is 17.1 Å². The molecule has 2 heterocycles. The van der Waals surface area contributed by atoms with Crippen molar-refractivity contribution in [3.05, 3.63) is 41.1 Å². The second kappa shape index (κ2) is 5.05. The molecule has 6 nitrogen and oxygen atoms in total. The normalized spacial score (nSPS) is 10.8. The summed E-state index contributed by atoms with van der Waals surface area (Å²) in [6, 6.07) is 3.79. The highest BCUT2D eigenvalue weighted by Crippen LogP contribution is 2.09. The molecule has 6 heteroatoms. The monoisotopic (exact) mass is 249 g/mol. The molecule has 0 saturated carbocycles. The molecule has 0 radical (unpaired) electrons. The van der Waals surface area contributed by atoms with Gasteiger partial charge in [-0.05, 0) is 19.1 Å². The molecule has 0 amide bonds. The van der Waals surface area contributed by atoms with Crippen LogP contribution in [0.15, 0.2) is 22.7 Å². The lowest BCUT2D eigenvalue weighted by Crippen LogP contribution is -2.17. The first kappa shape index (κ1) is 12.4. The Hall–Kier alpha value is -2.08. The van der Waals surface area contributed by atoms with Crippen LogP contribution in [0, 0.1) is 6.92 Å². The predicted molar refractivity (Wildman–Crippen MR) is 64.2 cm³/mol. The molecule has 0 aliphatic carbocycles. The van der Waals surface area contributed by atoms with E-state index in [-0.39, 0.29) is 5.56 Å². The van der Waals surface area contributed by atoms with E-state index in [0.29, 0.717) is 18.8 Å². The fourth-order valence-electron chi connectivity index (χ4n) is 1.74. The SMILES string of the molecule is Cc1ccc(CNCc2c(C(=O)O)cnn2C)o1. The molecule has 18 heavy (non-hydrogen) atoms. The largest absolute Gasteiger partial charge is 0.478 e. The molecule has 0 unspecified atom stereocenters. The van der Waals surface area contributed by atoms with Crippen molar-refractivity contribution < 1.29 is 14.3 Å². The number of carbonyl (C=O) groups is 1. The van der Waals surface area contributed by atoms with Crippen molar-refractivity contribution in [2.75, 3.05) is 0 Å². The minimum atomic E-state index is -0.964. The molecule has 2 N–H and O–H groups in total. The molecular formula is C12H15N3O3. The van der Waals surface area contributed by atoms with Crippen molar-refractivity contribution in [2.24, 2.45) is 7.05 Å². The first-order valence-electron chi connectivity index (χ1n) is 5.58. The van der Waals surface area contributed by atoms with E-state index in [9.17, 15) is 4.79 Å². The zero-order chi connectivity index (χ0) is 13.1. The van der Waals surface area contributed by atoms with Crippen LogP contribution >= 0.6 is 0 Å². The van der Waals surface area contributed by atoms with Gasteiger partial charge in [-0.3, -0.25) is 4.68 Å². The number of aromatic carboxylic acids is 1. The Bertz CT molecular complexity index is 557. The molecule has 2 aromatic rings. The number of carboxylic acids is 1. The molecular weight excluding hydrogens is 234 g/mol. The fraction of sp³-hybridized carbons (Fsp3) is 0.333. The predicted octanol–water partition coefficient (Wildman–Crippen LogP) is 1.31. The number of nitrogens with zero attached hydrogens (tertiary/aromatic N) is 2. The Morgan fingerprint density at radius 2 is 2.28 bits per heavy atom. The summed E-state index contributed by atoms with van der Waals surface area (Å²) in [7, 11) is 1.72. The molecule has 0 atom stereocenters. The third-order valence-corrected chi connectivity index (χ3v) is 2.68. The zero-order valence-corrected chi connectivity index (χ0v) is 10.3. The molecule has 0 saturated heterocycles. The molecule has 0 fully saturated rings. The van der Waals surface area contributed by atoms with E-state index >= 15 is 0 Å². The molecule has 2 aromatic heterocycles. The van der Waals surface area contributed by atoms with Gasteiger partial charge in [0.25, 0.3) is 0 Å². The average Bonchev–Trinajstić information content (AvgIpc) is 2.87. The molecule has 0 aliphatic heterocycles. The van der Waals surface area contributed by atoms with Gasteiger partial charge < -0.3 is 14.8 Å². The van der Waals surface area contributed by atoms with Gasteiger partial charge in [0, 0.05) is 13.6 Å². The topological polar surface area (TPSA) is 80.3 Å². The summed E-state index contributed by atoms with van der Waals surface area (Å²) in [5.74, 6) is 0.721. The summed E-state index contributed by atoms with van der Waals surface area (Å²) < 4.78 is 6.97. The van der Waals surface area contributed by atoms with Crippen molar-refractivity contribution in [3.8, 4) is 0 Å². The van der Waals surface area contributed by atoms with E-state index in [1.807, 2.05) is 19.1 Å². The molecule has 0 aromatic carbocycles. The van der Waals surface area contributed by atoms with Crippen LogP contribution in [0.4, 0.5) is 0 Å². The maximum Gasteiger partial charge on any atom is 0.339 e. The molecule has 96 valence electrons. The smallest absolute Gasteiger partial charge is 0.339 e. The van der Waals surface area contributed by atoms with Crippen LogP contribution < -0.4 is 5.32 Å². The summed E-state index contributed by atoms with van der Waals surface area (Å²) in [6.07, 6.45) is 1.36. The number of rotatable bonds is 5. The van der Waals surface area contributed by atoms with E-state index in [4.69, 9.17) is 9.52 Å². The van der Waals surface area contributed by atoms with Crippen LogP contribution in [0.25, 0.3) is 0 Å². The Kier molecular flexibility index (Phi) is 3.47. The highest BCUT2D eigenvalue weighted by molar-refractivity contribution is 5.88. The summed E-state index contributed by atoms with van der Waals surface area (Å²) in [4.78, 5) is 11.0. The van der Waals surface area contributed by atoms with E-state index < -0.39 is 5.97 Å². The quantitative estimate of drug-likeness (QED) is 0.835. The number of hydrogen-bond donors (Lipinski definition) is 2. The Labute approximate surface area is 104 Å². The number of hydrogen-bond acceptors (Lipinski definition) is 4. The minimum absolute atomic E-state index is 0.223. The van der Waals surface area contributed by atoms with Gasteiger partial charge in [0.05, 0.1) is 18.4 Å². The third kappa shape index (κ3) is 2.60. The van der Waals surface area contributed by atoms with Crippen LogP contribution in [0.2, 0.25) is 0 Å². The van der Waals surface area contributed by atoms with E-state index in [1.54, 1.807) is 11.7 Å². The van der Waals surface area contributed by atoms with Crippen molar-refractivity contribution in [3.63, 3.8) is 0 Å². The minimum Gasteiger partial charge on any atom is -0.478 e. The van der Waals surface area contributed by atoms with Gasteiger partial charge in [-0.15, -0.1) is 0 Å². The van der Waals surface area contributed by atoms with Crippen LogP contribution in [-0.2, 0) is 20.1 Å². The van der Waals surface area contributed by atoms with Crippen molar-refractivity contribution in [2.45, 2.75) is 20.0 Å². The number of carboxylic acid groups (broad SMARTS) is 1. The maximum atomic E-state index is 11.0. The lowest BCUT2D eigenvalue weighted by molar-refractivity contribution is 0.0695. The molecule has 0 bridgehead atoms. The Morgan fingerprint density at radius 1 is 1.50 bits per heavy atom. The lowest BCUT2D eigenvalue weighted by Gasteiger charge is -2.05. The molecule has 0 spiro atoms. The van der Waals surface area contributed by atoms with Gasteiger partial charge >= 0.3 is 5.97 Å². The van der Waals surface area contributed by atoms with Crippen molar-refractivity contribution in [1.82, 2.24) is 15.1 Å². The highest BCUT2D eigenvalue weighted by Gasteiger charge is 2.14. The van der Waals surface area contributed by atoms with E-state index in [0.717, 1.165) is 11.5 Å². The molecule has 0 aliphatic rings. The standard InChI is InChI=1S/C12H15N3O3/c1-8-3-4-9(18-8)5-13-7-11-10(12(16)17)6-14-15(11)2/h3-4,6,13H,5,7H2,1-2H3,(H,16,17). The van der Waals surface area contributed by atoms with Crippen LogP contribution in [0.1, 0.15) is 27.6 Å². The maximum absolute atomic E-state index is 11.0. The second-order valence-electron chi connectivity index (χ2n) is 4.05. The van der Waals surface area contributed by atoms with Crippen molar-refractivity contribution >= 4 is 5.97 Å².